The van der Waals surface area contributed by atoms with E-state index in [1.807, 2.05) is 18.2 Å². The maximum absolute atomic E-state index is 6.14. The third-order valence-corrected chi connectivity index (χ3v) is 5.07. The van der Waals surface area contributed by atoms with E-state index in [0.717, 1.165) is 15.6 Å². The number of halogens is 4. The zero-order valence-electron chi connectivity index (χ0n) is 8.38. The van der Waals surface area contributed by atoms with E-state index in [9.17, 15) is 0 Å². The molecule has 1 nitrogen and oxygen atoms in total. The van der Waals surface area contributed by atoms with Gasteiger partial charge in [0.05, 0.1) is 19.7 Å². The summed E-state index contributed by atoms with van der Waals surface area (Å²) in [4.78, 5) is 0. The van der Waals surface area contributed by atoms with Gasteiger partial charge in [0.15, 0.2) is 0 Å². The van der Waals surface area contributed by atoms with Crippen LogP contribution in [0, 0.1) is 0 Å². The third-order valence-electron chi connectivity index (χ3n) is 2.32. The Morgan fingerprint density at radius 2 is 1.88 bits per heavy atom. The van der Waals surface area contributed by atoms with Crippen LogP contribution in [0.5, 0.6) is 0 Å². The summed E-state index contributed by atoms with van der Waals surface area (Å²) in [5, 5.41) is 0.621. The number of thiophene rings is 1. The Morgan fingerprint density at radius 3 is 2.41 bits per heavy atom. The molecule has 6 heteroatoms. The molecular formula is C11H7BrCl3NS. The molecule has 0 aliphatic carbocycles. The van der Waals surface area contributed by atoms with Gasteiger partial charge in [0.25, 0.3) is 0 Å². The molecule has 0 saturated carbocycles. The van der Waals surface area contributed by atoms with Gasteiger partial charge in [-0.2, -0.15) is 0 Å². The Balaban J connectivity index is 2.40. The molecule has 0 amide bonds. The highest BCUT2D eigenvalue weighted by Crippen LogP contribution is 2.37. The summed E-state index contributed by atoms with van der Waals surface area (Å²) in [7, 11) is 0. The van der Waals surface area contributed by atoms with Crippen molar-refractivity contribution in [2.75, 3.05) is 0 Å². The Bertz CT molecular complexity index is 556. The van der Waals surface area contributed by atoms with Crippen LogP contribution in [0.4, 0.5) is 0 Å². The van der Waals surface area contributed by atoms with Crippen molar-refractivity contribution < 1.29 is 0 Å². The first-order chi connectivity index (χ1) is 7.99. The van der Waals surface area contributed by atoms with Crippen molar-refractivity contribution in [3.8, 4) is 0 Å². The fourth-order valence-corrected chi connectivity index (χ4v) is 3.44. The molecule has 1 aromatic carbocycles. The van der Waals surface area contributed by atoms with E-state index in [2.05, 4.69) is 15.9 Å². The standard InChI is InChI=1S/C11H7BrCl3NS/c12-7-2-1-5(3-8(7)13)10(16)6-4-9(14)17-11(6)15/h1-4,10H,16H2. The van der Waals surface area contributed by atoms with Gasteiger partial charge < -0.3 is 5.73 Å². The molecule has 0 spiro atoms. The summed E-state index contributed by atoms with van der Waals surface area (Å²) < 4.78 is 2.08. The maximum atomic E-state index is 6.14. The summed E-state index contributed by atoms with van der Waals surface area (Å²) in [6, 6.07) is 7.05. The summed E-state index contributed by atoms with van der Waals surface area (Å²) in [5.74, 6) is 0. The van der Waals surface area contributed by atoms with Crippen LogP contribution in [-0.4, -0.2) is 0 Å². The lowest BCUT2D eigenvalue weighted by atomic mass is 10.0. The smallest absolute Gasteiger partial charge is 0.0995 e. The molecule has 1 atom stereocenters. The Kier molecular flexibility index (Phi) is 4.40. The monoisotopic (exact) mass is 369 g/mol. The second-order valence-corrected chi connectivity index (χ2v) is 6.98. The lowest BCUT2D eigenvalue weighted by Gasteiger charge is -2.12. The van der Waals surface area contributed by atoms with Gasteiger partial charge in [-0.3, -0.25) is 0 Å². The second-order valence-electron chi connectivity index (χ2n) is 3.43. The molecule has 0 bridgehead atoms. The van der Waals surface area contributed by atoms with Gasteiger partial charge in [0.2, 0.25) is 0 Å². The summed E-state index contributed by atoms with van der Waals surface area (Å²) in [6.45, 7) is 0. The van der Waals surface area contributed by atoms with Crippen LogP contribution in [0.2, 0.25) is 13.7 Å². The van der Waals surface area contributed by atoms with Crippen molar-refractivity contribution in [1.82, 2.24) is 0 Å². The highest BCUT2D eigenvalue weighted by molar-refractivity contribution is 9.10. The van der Waals surface area contributed by atoms with Crippen molar-refractivity contribution in [3.05, 3.63) is 53.6 Å². The first kappa shape index (κ1) is 13.7. The minimum absolute atomic E-state index is 0.322. The molecule has 90 valence electrons. The van der Waals surface area contributed by atoms with Crippen molar-refractivity contribution in [3.63, 3.8) is 0 Å². The van der Waals surface area contributed by atoms with E-state index < -0.39 is 0 Å². The van der Waals surface area contributed by atoms with Crippen molar-refractivity contribution in [2.24, 2.45) is 5.73 Å². The van der Waals surface area contributed by atoms with Crippen molar-refractivity contribution >= 4 is 62.1 Å². The molecule has 2 N–H and O–H groups in total. The quantitative estimate of drug-likeness (QED) is 0.739. The molecule has 0 saturated heterocycles. The van der Waals surface area contributed by atoms with Crippen molar-refractivity contribution in [2.45, 2.75) is 6.04 Å². The van der Waals surface area contributed by atoms with Crippen LogP contribution in [-0.2, 0) is 0 Å². The van der Waals surface area contributed by atoms with Crippen LogP contribution < -0.4 is 5.73 Å². The van der Waals surface area contributed by atoms with Gasteiger partial charge in [-0.15, -0.1) is 11.3 Å². The SMILES string of the molecule is NC(c1ccc(Br)c(Cl)c1)c1cc(Cl)sc1Cl. The molecule has 2 aromatic rings. The average Bonchev–Trinajstić information content (AvgIpc) is 2.61. The molecule has 0 aliphatic rings. The highest BCUT2D eigenvalue weighted by atomic mass is 79.9. The predicted molar refractivity (Wildman–Crippen MR) is 79.5 cm³/mol. The van der Waals surface area contributed by atoms with Gasteiger partial charge in [0.1, 0.15) is 0 Å². The molecule has 17 heavy (non-hydrogen) atoms. The fraction of sp³-hybridized carbons (Fsp3) is 0.0909. The lowest BCUT2D eigenvalue weighted by molar-refractivity contribution is 0.877. The zero-order chi connectivity index (χ0) is 12.6. The molecular weight excluding hydrogens is 364 g/mol. The minimum atomic E-state index is -0.322. The molecule has 0 aliphatic heterocycles. The lowest BCUT2D eigenvalue weighted by Crippen LogP contribution is -2.11. The van der Waals surface area contributed by atoms with Gasteiger partial charge in [-0.25, -0.2) is 0 Å². The van der Waals surface area contributed by atoms with E-state index >= 15 is 0 Å². The number of hydrogen-bond acceptors (Lipinski definition) is 2. The first-order valence-electron chi connectivity index (χ1n) is 4.64. The van der Waals surface area contributed by atoms with Crippen LogP contribution in [0.1, 0.15) is 17.2 Å². The Labute approximate surface area is 127 Å². The highest BCUT2D eigenvalue weighted by Gasteiger charge is 2.16. The van der Waals surface area contributed by atoms with Crippen LogP contribution in [0.25, 0.3) is 0 Å². The van der Waals surface area contributed by atoms with Gasteiger partial charge in [-0.1, -0.05) is 40.9 Å². The molecule has 1 aromatic heterocycles. The zero-order valence-corrected chi connectivity index (χ0v) is 13.1. The molecule has 1 heterocycles. The molecule has 1 unspecified atom stereocenters. The second kappa shape index (κ2) is 5.47. The number of rotatable bonds is 2. The summed E-state index contributed by atoms with van der Waals surface area (Å²) in [5.41, 5.74) is 7.86. The van der Waals surface area contributed by atoms with E-state index in [-0.39, 0.29) is 6.04 Å². The number of hydrogen-bond donors (Lipinski definition) is 1. The van der Waals surface area contributed by atoms with Crippen LogP contribution in [0.15, 0.2) is 28.7 Å². The maximum Gasteiger partial charge on any atom is 0.0995 e. The van der Waals surface area contributed by atoms with Crippen LogP contribution in [0.3, 0.4) is 0 Å². The third kappa shape index (κ3) is 2.98. The normalized spacial score (nSPS) is 12.8. The largest absolute Gasteiger partial charge is 0.320 e. The van der Waals surface area contributed by atoms with E-state index in [0.29, 0.717) is 13.7 Å². The Morgan fingerprint density at radius 1 is 1.18 bits per heavy atom. The van der Waals surface area contributed by atoms with Crippen molar-refractivity contribution in [1.29, 1.82) is 0 Å². The Hall–Kier alpha value is 0.230. The van der Waals surface area contributed by atoms with E-state index in [4.69, 9.17) is 40.5 Å². The van der Waals surface area contributed by atoms with Crippen LogP contribution >= 0.6 is 62.1 Å². The topological polar surface area (TPSA) is 26.0 Å². The predicted octanol–water partition coefficient (Wildman–Crippen LogP) is 5.52. The van der Waals surface area contributed by atoms with E-state index in [1.165, 1.54) is 11.3 Å². The summed E-state index contributed by atoms with van der Waals surface area (Å²) >= 11 is 22.6. The minimum Gasteiger partial charge on any atom is -0.320 e. The molecule has 2 rings (SSSR count). The van der Waals surface area contributed by atoms with E-state index in [1.54, 1.807) is 6.07 Å². The van der Waals surface area contributed by atoms with Gasteiger partial charge in [0, 0.05) is 10.0 Å². The number of nitrogens with two attached hydrogens (primary N) is 1. The first-order valence-corrected chi connectivity index (χ1v) is 7.38. The number of benzene rings is 1. The fourth-order valence-electron chi connectivity index (χ4n) is 1.45. The van der Waals surface area contributed by atoms with Gasteiger partial charge >= 0.3 is 0 Å². The molecule has 0 radical (unpaired) electrons. The van der Waals surface area contributed by atoms with Gasteiger partial charge in [-0.05, 0) is 39.7 Å². The summed E-state index contributed by atoms with van der Waals surface area (Å²) in [6.07, 6.45) is 0. The average molecular weight is 372 g/mol. The molecule has 0 fully saturated rings.